The molecule has 0 saturated heterocycles. The summed E-state index contributed by atoms with van der Waals surface area (Å²) < 4.78 is 0. The molecule has 2 aromatic rings. The van der Waals surface area contributed by atoms with Crippen LogP contribution in [0.25, 0.3) is 11.1 Å². The quantitative estimate of drug-likeness (QED) is 0.772. The first-order valence-electron chi connectivity index (χ1n) is 6.28. The lowest BCUT2D eigenvalue weighted by molar-refractivity contribution is 0.474. The summed E-state index contributed by atoms with van der Waals surface area (Å²) in [5, 5.41) is 9.62. The van der Waals surface area contributed by atoms with Crippen molar-refractivity contribution in [2.24, 2.45) is 0 Å². The number of rotatable bonds is 1. The molecule has 0 saturated carbocycles. The highest BCUT2D eigenvalue weighted by molar-refractivity contribution is 5.73. The lowest BCUT2D eigenvalue weighted by Gasteiger charge is -2.14. The minimum absolute atomic E-state index is 0.342. The number of phenols is 1. The van der Waals surface area contributed by atoms with Gasteiger partial charge in [-0.2, -0.15) is 0 Å². The summed E-state index contributed by atoms with van der Waals surface area (Å²) in [6.07, 6.45) is 0. The topological polar surface area (TPSA) is 20.2 Å². The standard InChI is InChI=1S/C17H20O/c1-10-6-15(7-11(2)14(10)5)17-12(3)8-16(18)9-13(17)4/h6-9,18H,1-5H3. The highest BCUT2D eigenvalue weighted by Gasteiger charge is 2.09. The van der Waals surface area contributed by atoms with Crippen LogP contribution in [-0.2, 0) is 0 Å². The second-order valence-electron chi connectivity index (χ2n) is 5.19. The van der Waals surface area contributed by atoms with E-state index in [0.29, 0.717) is 5.75 Å². The lowest BCUT2D eigenvalue weighted by Crippen LogP contribution is -1.93. The number of aromatic hydroxyl groups is 1. The fraction of sp³-hybridized carbons (Fsp3) is 0.294. The van der Waals surface area contributed by atoms with E-state index in [0.717, 1.165) is 11.1 Å². The van der Waals surface area contributed by atoms with Gasteiger partial charge in [-0.05, 0) is 85.7 Å². The van der Waals surface area contributed by atoms with Gasteiger partial charge in [0, 0.05) is 0 Å². The van der Waals surface area contributed by atoms with E-state index in [1.165, 1.54) is 27.8 Å². The predicted octanol–water partition coefficient (Wildman–Crippen LogP) is 4.60. The monoisotopic (exact) mass is 240 g/mol. The van der Waals surface area contributed by atoms with E-state index in [1.807, 2.05) is 26.0 Å². The van der Waals surface area contributed by atoms with Crippen LogP contribution in [0.3, 0.4) is 0 Å². The Bertz CT molecular complexity index is 563. The number of hydrogen-bond donors (Lipinski definition) is 1. The summed E-state index contributed by atoms with van der Waals surface area (Å²) >= 11 is 0. The molecule has 0 aliphatic carbocycles. The number of benzene rings is 2. The summed E-state index contributed by atoms with van der Waals surface area (Å²) in [6.45, 7) is 10.6. The fourth-order valence-electron chi connectivity index (χ4n) is 2.58. The van der Waals surface area contributed by atoms with Gasteiger partial charge in [-0.25, -0.2) is 0 Å². The molecule has 0 aliphatic heterocycles. The molecule has 0 radical (unpaired) electrons. The molecule has 94 valence electrons. The molecule has 0 fully saturated rings. The summed E-state index contributed by atoms with van der Waals surface area (Å²) in [5.41, 5.74) is 8.71. The van der Waals surface area contributed by atoms with Crippen molar-refractivity contribution in [2.75, 3.05) is 0 Å². The van der Waals surface area contributed by atoms with E-state index in [4.69, 9.17) is 0 Å². The van der Waals surface area contributed by atoms with Crippen molar-refractivity contribution in [1.82, 2.24) is 0 Å². The van der Waals surface area contributed by atoms with Crippen molar-refractivity contribution >= 4 is 0 Å². The normalized spacial score (nSPS) is 10.7. The molecule has 0 aromatic heterocycles. The Kier molecular flexibility index (Phi) is 3.16. The minimum atomic E-state index is 0.342. The predicted molar refractivity (Wildman–Crippen MR) is 77.2 cm³/mol. The van der Waals surface area contributed by atoms with Crippen LogP contribution in [0, 0.1) is 34.6 Å². The molecule has 18 heavy (non-hydrogen) atoms. The van der Waals surface area contributed by atoms with Crippen LogP contribution >= 0.6 is 0 Å². The zero-order chi connectivity index (χ0) is 13.4. The van der Waals surface area contributed by atoms with Crippen molar-refractivity contribution < 1.29 is 5.11 Å². The molecule has 0 atom stereocenters. The molecule has 1 N–H and O–H groups in total. The summed E-state index contributed by atoms with van der Waals surface area (Å²) in [4.78, 5) is 0. The first kappa shape index (κ1) is 12.7. The van der Waals surface area contributed by atoms with E-state index < -0.39 is 0 Å². The Morgan fingerprint density at radius 2 is 1.11 bits per heavy atom. The fourth-order valence-corrected chi connectivity index (χ4v) is 2.58. The Morgan fingerprint density at radius 1 is 0.667 bits per heavy atom. The second-order valence-corrected chi connectivity index (χ2v) is 5.19. The molecule has 0 aliphatic rings. The average molecular weight is 240 g/mol. The molecule has 0 unspecified atom stereocenters. The van der Waals surface area contributed by atoms with Gasteiger partial charge >= 0.3 is 0 Å². The molecule has 2 rings (SSSR count). The van der Waals surface area contributed by atoms with E-state index >= 15 is 0 Å². The van der Waals surface area contributed by atoms with Gasteiger partial charge in [0.2, 0.25) is 0 Å². The summed E-state index contributed by atoms with van der Waals surface area (Å²) in [7, 11) is 0. The van der Waals surface area contributed by atoms with Gasteiger partial charge in [0.25, 0.3) is 0 Å². The van der Waals surface area contributed by atoms with Crippen LogP contribution in [0.15, 0.2) is 24.3 Å². The van der Waals surface area contributed by atoms with Crippen molar-refractivity contribution in [3.63, 3.8) is 0 Å². The third-order valence-corrected chi connectivity index (χ3v) is 3.73. The first-order valence-corrected chi connectivity index (χ1v) is 6.28. The van der Waals surface area contributed by atoms with Gasteiger partial charge in [0.05, 0.1) is 0 Å². The maximum atomic E-state index is 9.62. The van der Waals surface area contributed by atoms with Gasteiger partial charge in [-0.1, -0.05) is 12.1 Å². The van der Waals surface area contributed by atoms with Gasteiger partial charge in [-0.3, -0.25) is 0 Å². The molecule has 0 bridgehead atoms. The van der Waals surface area contributed by atoms with Gasteiger partial charge in [0.15, 0.2) is 0 Å². The summed E-state index contributed by atoms with van der Waals surface area (Å²) in [5.74, 6) is 0.342. The molecule has 1 nitrogen and oxygen atoms in total. The van der Waals surface area contributed by atoms with Crippen molar-refractivity contribution in [2.45, 2.75) is 34.6 Å². The van der Waals surface area contributed by atoms with E-state index in [2.05, 4.69) is 32.9 Å². The van der Waals surface area contributed by atoms with E-state index in [9.17, 15) is 5.11 Å². The molecule has 0 amide bonds. The highest BCUT2D eigenvalue weighted by Crippen LogP contribution is 2.32. The lowest BCUT2D eigenvalue weighted by atomic mass is 9.91. The largest absolute Gasteiger partial charge is 0.508 e. The first-order chi connectivity index (χ1) is 8.40. The molecular weight excluding hydrogens is 220 g/mol. The van der Waals surface area contributed by atoms with Crippen LogP contribution in [0.1, 0.15) is 27.8 Å². The Labute approximate surface area is 109 Å². The maximum absolute atomic E-state index is 9.62. The van der Waals surface area contributed by atoms with Crippen molar-refractivity contribution in [1.29, 1.82) is 0 Å². The van der Waals surface area contributed by atoms with Crippen LogP contribution < -0.4 is 0 Å². The third-order valence-electron chi connectivity index (χ3n) is 3.73. The van der Waals surface area contributed by atoms with Crippen LogP contribution in [0.5, 0.6) is 5.75 Å². The van der Waals surface area contributed by atoms with Crippen LogP contribution in [-0.4, -0.2) is 5.11 Å². The van der Waals surface area contributed by atoms with Crippen molar-refractivity contribution in [3.05, 3.63) is 52.1 Å². The van der Waals surface area contributed by atoms with Gasteiger partial charge in [-0.15, -0.1) is 0 Å². The minimum Gasteiger partial charge on any atom is -0.508 e. The average Bonchev–Trinajstić information content (AvgIpc) is 2.24. The number of hydrogen-bond acceptors (Lipinski definition) is 1. The number of aryl methyl sites for hydroxylation is 4. The third kappa shape index (κ3) is 2.13. The highest BCUT2D eigenvalue weighted by atomic mass is 16.3. The van der Waals surface area contributed by atoms with Crippen LogP contribution in [0.2, 0.25) is 0 Å². The SMILES string of the molecule is Cc1cc(-c2c(C)cc(O)cc2C)cc(C)c1C. The Morgan fingerprint density at radius 3 is 1.56 bits per heavy atom. The zero-order valence-corrected chi connectivity index (χ0v) is 11.8. The van der Waals surface area contributed by atoms with E-state index in [-0.39, 0.29) is 0 Å². The molecular formula is C17H20O. The maximum Gasteiger partial charge on any atom is 0.116 e. The smallest absolute Gasteiger partial charge is 0.116 e. The number of phenolic OH excluding ortho intramolecular Hbond substituents is 1. The molecule has 2 aromatic carbocycles. The van der Waals surface area contributed by atoms with E-state index in [1.54, 1.807) is 0 Å². The van der Waals surface area contributed by atoms with Crippen molar-refractivity contribution in [3.8, 4) is 16.9 Å². The van der Waals surface area contributed by atoms with Crippen LogP contribution in [0.4, 0.5) is 0 Å². The Balaban J connectivity index is 2.70. The molecule has 0 heterocycles. The van der Waals surface area contributed by atoms with Gasteiger partial charge < -0.3 is 5.11 Å². The summed E-state index contributed by atoms with van der Waals surface area (Å²) in [6, 6.07) is 8.11. The van der Waals surface area contributed by atoms with Gasteiger partial charge in [0.1, 0.15) is 5.75 Å². The Hall–Kier alpha value is -1.76. The zero-order valence-electron chi connectivity index (χ0n) is 11.8. The second kappa shape index (κ2) is 4.49. The molecule has 1 heteroatoms. The molecule has 0 spiro atoms.